The van der Waals surface area contributed by atoms with Crippen LogP contribution in [0.2, 0.25) is 6.04 Å². The Hall–Kier alpha value is -0.0831. The van der Waals surface area contributed by atoms with Gasteiger partial charge in [-0.2, -0.15) is 0 Å². The van der Waals surface area contributed by atoms with E-state index in [1.807, 2.05) is 0 Å². The molecule has 0 radical (unpaired) electrons. The molecule has 2 heteroatoms. The van der Waals surface area contributed by atoms with Gasteiger partial charge in [-0.1, -0.05) is 26.0 Å². The molecule has 0 heterocycles. The minimum Gasteiger partial charge on any atom is -0.427 e. The summed E-state index contributed by atoms with van der Waals surface area (Å²) in [5.41, 5.74) is 0. The van der Waals surface area contributed by atoms with E-state index in [1.165, 1.54) is 12.5 Å². The Labute approximate surface area is 66.4 Å². The molecular weight excluding hydrogens is 140 g/mol. The molecule has 60 valence electrons. The molecule has 0 aromatic carbocycles. The average Bonchev–Trinajstić information content (AvgIpc) is 1.87. The lowest BCUT2D eigenvalue weighted by Gasteiger charge is -1.94. The molecule has 0 spiro atoms. The highest BCUT2D eigenvalue weighted by Crippen LogP contribution is 1.97. The van der Waals surface area contributed by atoms with Crippen molar-refractivity contribution in [1.82, 2.24) is 0 Å². The first kappa shape index (κ1) is 9.92. The molecule has 0 aliphatic rings. The molecule has 0 atom stereocenters. The lowest BCUT2D eigenvalue weighted by Crippen LogP contribution is -1.90. The van der Waals surface area contributed by atoms with Crippen molar-refractivity contribution in [2.75, 3.05) is 7.11 Å². The van der Waals surface area contributed by atoms with Gasteiger partial charge in [0.2, 0.25) is 0 Å². The van der Waals surface area contributed by atoms with E-state index in [9.17, 15) is 0 Å². The monoisotopic (exact) mass is 158 g/mol. The van der Waals surface area contributed by atoms with Gasteiger partial charge >= 0.3 is 0 Å². The van der Waals surface area contributed by atoms with Crippen molar-refractivity contribution < 1.29 is 4.43 Å². The van der Waals surface area contributed by atoms with E-state index < -0.39 is 0 Å². The number of rotatable bonds is 5. The molecule has 10 heavy (non-hydrogen) atoms. The van der Waals surface area contributed by atoms with E-state index in [2.05, 4.69) is 26.0 Å². The van der Waals surface area contributed by atoms with Crippen LogP contribution in [0.25, 0.3) is 0 Å². The second-order valence-corrected chi connectivity index (χ2v) is 4.50. The summed E-state index contributed by atoms with van der Waals surface area (Å²) >= 11 is 0. The summed E-state index contributed by atoms with van der Waals surface area (Å²) in [5, 5.41) is 0. The Balaban J connectivity index is 3.02. The van der Waals surface area contributed by atoms with Crippen molar-refractivity contribution in [2.45, 2.75) is 26.3 Å². The third kappa shape index (κ3) is 7.92. The average molecular weight is 158 g/mol. The van der Waals surface area contributed by atoms with Crippen LogP contribution in [0.15, 0.2) is 12.2 Å². The summed E-state index contributed by atoms with van der Waals surface area (Å²) in [6, 6.07) is 1.28. The standard InChI is InChI=1S/C8H18OSi/c1-8(2)6-4-5-7-10-9-3/h4,6,8H,5,7,10H2,1-3H3. The maximum absolute atomic E-state index is 5.05. The van der Waals surface area contributed by atoms with E-state index >= 15 is 0 Å². The van der Waals surface area contributed by atoms with Gasteiger partial charge in [-0.05, 0) is 18.4 Å². The fourth-order valence-corrected chi connectivity index (χ4v) is 1.40. The highest BCUT2D eigenvalue weighted by molar-refractivity contribution is 6.26. The predicted octanol–water partition coefficient (Wildman–Crippen LogP) is 1.74. The minimum absolute atomic E-state index is 0.174. The largest absolute Gasteiger partial charge is 0.427 e. The van der Waals surface area contributed by atoms with Crippen molar-refractivity contribution in [3.63, 3.8) is 0 Å². The van der Waals surface area contributed by atoms with Gasteiger partial charge in [0, 0.05) is 7.11 Å². The van der Waals surface area contributed by atoms with Crippen LogP contribution in [0.4, 0.5) is 0 Å². The van der Waals surface area contributed by atoms with Crippen LogP contribution in [0, 0.1) is 5.92 Å². The number of allylic oxidation sites excluding steroid dienone is 2. The van der Waals surface area contributed by atoms with Crippen molar-refractivity contribution in [3.8, 4) is 0 Å². The fourth-order valence-electron chi connectivity index (χ4n) is 0.714. The van der Waals surface area contributed by atoms with Crippen LogP contribution < -0.4 is 0 Å². The van der Waals surface area contributed by atoms with Gasteiger partial charge < -0.3 is 4.43 Å². The highest BCUT2D eigenvalue weighted by Gasteiger charge is 1.84. The lowest BCUT2D eigenvalue weighted by atomic mass is 10.2. The zero-order valence-electron chi connectivity index (χ0n) is 7.26. The maximum Gasteiger partial charge on any atom is 0.161 e. The predicted molar refractivity (Wildman–Crippen MR) is 49.0 cm³/mol. The summed E-state index contributed by atoms with van der Waals surface area (Å²) in [5.74, 6) is 0.698. The van der Waals surface area contributed by atoms with Crippen LogP contribution in [0.3, 0.4) is 0 Å². The second-order valence-electron chi connectivity index (χ2n) is 2.81. The summed E-state index contributed by atoms with van der Waals surface area (Å²) in [6.45, 7) is 4.40. The molecule has 0 unspecified atom stereocenters. The summed E-state index contributed by atoms with van der Waals surface area (Å²) in [6.07, 6.45) is 5.72. The minimum atomic E-state index is -0.174. The smallest absolute Gasteiger partial charge is 0.161 e. The van der Waals surface area contributed by atoms with Gasteiger partial charge in [-0.3, -0.25) is 0 Å². The Bertz CT molecular complexity index is 89.3. The van der Waals surface area contributed by atoms with E-state index in [0.29, 0.717) is 5.92 Å². The molecule has 0 N–H and O–H groups in total. The molecule has 0 aromatic rings. The van der Waals surface area contributed by atoms with Crippen molar-refractivity contribution in [1.29, 1.82) is 0 Å². The zero-order valence-corrected chi connectivity index (χ0v) is 8.68. The van der Waals surface area contributed by atoms with E-state index in [-0.39, 0.29) is 9.76 Å². The van der Waals surface area contributed by atoms with Gasteiger partial charge in [0.05, 0.1) is 0 Å². The van der Waals surface area contributed by atoms with Gasteiger partial charge in [-0.15, -0.1) is 0 Å². The molecule has 0 aliphatic heterocycles. The zero-order chi connectivity index (χ0) is 7.82. The molecule has 0 amide bonds. The Morgan fingerprint density at radius 1 is 1.50 bits per heavy atom. The van der Waals surface area contributed by atoms with Gasteiger partial charge in [0.15, 0.2) is 9.76 Å². The third-order valence-corrected chi connectivity index (χ3v) is 2.35. The summed E-state index contributed by atoms with van der Waals surface area (Å²) in [7, 11) is 1.63. The van der Waals surface area contributed by atoms with Crippen molar-refractivity contribution in [3.05, 3.63) is 12.2 Å². The van der Waals surface area contributed by atoms with Crippen LogP contribution in [0.1, 0.15) is 20.3 Å². The normalized spacial score (nSPS) is 12.8. The van der Waals surface area contributed by atoms with E-state index in [0.717, 1.165) is 0 Å². The van der Waals surface area contributed by atoms with Crippen LogP contribution in [-0.4, -0.2) is 16.9 Å². The van der Waals surface area contributed by atoms with Crippen molar-refractivity contribution >= 4 is 9.76 Å². The first-order valence-electron chi connectivity index (χ1n) is 3.93. The van der Waals surface area contributed by atoms with Gasteiger partial charge in [0.25, 0.3) is 0 Å². The third-order valence-electron chi connectivity index (χ3n) is 1.24. The number of hydrogen-bond acceptors (Lipinski definition) is 1. The molecule has 0 aliphatic carbocycles. The van der Waals surface area contributed by atoms with Crippen LogP contribution in [-0.2, 0) is 4.43 Å². The van der Waals surface area contributed by atoms with Crippen molar-refractivity contribution in [2.24, 2.45) is 5.92 Å². The SMILES string of the molecule is CO[SiH2]CCC=CC(C)C. The Morgan fingerprint density at radius 3 is 2.70 bits per heavy atom. The molecular formula is C8H18OSi. The van der Waals surface area contributed by atoms with Crippen LogP contribution >= 0.6 is 0 Å². The Kier molecular flexibility index (Phi) is 6.97. The molecule has 0 saturated carbocycles. The molecule has 0 aromatic heterocycles. The quantitative estimate of drug-likeness (QED) is 0.336. The molecule has 1 nitrogen and oxygen atoms in total. The molecule has 0 saturated heterocycles. The number of hydrogen-bond donors (Lipinski definition) is 0. The van der Waals surface area contributed by atoms with Gasteiger partial charge in [-0.25, -0.2) is 0 Å². The van der Waals surface area contributed by atoms with Crippen LogP contribution in [0.5, 0.6) is 0 Å². The first-order valence-corrected chi connectivity index (χ1v) is 5.50. The highest BCUT2D eigenvalue weighted by atomic mass is 28.2. The maximum atomic E-state index is 5.05. The Morgan fingerprint density at radius 2 is 2.20 bits per heavy atom. The first-order chi connectivity index (χ1) is 4.77. The topological polar surface area (TPSA) is 9.23 Å². The summed E-state index contributed by atoms with van der Waals surface area (Å²) < 4.78 is 5.05. The van der Waals surface area contributed by atoms with E-state index in [1.54, 1.807) is 7.11 Å². The van der Waals surface area contributed by atoms with E-state index in [4.69, 9.17) is 4.43 Å². The molecule has 0 bridgehead atoms. The summed E-state index contributed by atoms with van der Waals surface area (Å²) in [4.78, 5) is 0. The molecule has 0 rings (SSSR count). The fraction of sp³-hybridized carbons (Fsp3) is 0.750. The second kappa shape index (κ2) is 7.03. The lowest BCUT2D eigenvalue weighted by molar-refractivity contribution is 0.441. The van der Waals surface area contributed by atoms with Gasteiger partial charge in [0.1, 0.15) is 0 Å². The molecule has 0 fully saturated rings.